The predicted octanol–water partition coefficient (Wildman–Crippen LogP) is 3.39. The summed E-state index contributed by atoms with van der Waals surface area (Å²) < 4.78 is 0. The molecule has 0 saturated carbocycles. The van der Waals surface area contributed by atoms with Crippen LogP contribution in [0.5, 0.6) is 0 Å². The van der Waals surface area contributed by atoms with Gasteiger partial charge < -0.3 is 10.4 Å². The molecule has 0 saturated heterocycles. The molecule has 1 atom stereocenters. The van der Waals surface area contributed by atoms with Gasteiger partial charge in [0.25, 0.3) is 5.69 Å². The zero-order chi connectivity index (χ0) is 14.5. The first-order valence-electron chi connectivity index (χ1n) is 5.99. The van der Waals surface area contributed by atoms with Gasteiger partial charge in [-0.05, 0) is 12.1 Å². The van der Waals surface area contributed by atoms with Gasteiger partial charge >= 0.3 is 0 Å². The molecule has 0 aromatic heterocycles. The second-order valence-corrected chi connectivity index (χ2v) is 4.60. The average molecular weight is 293 g/mol. The highest BCUT2D eigenvalue weighted by molar-refractivity contribution is 6.31. The van der Waals surface area contributed by atoms with E-state index in [1.807, 2.05) is 0 Å². The van der Waals surface area contributed by atoms with E-state index in [0.29, 0.717) is 16.3 Å². The van der Waals surface area contributed by atoms with Crippen LogP contribution in [0.3, 0.4) is 0 Å². The fourth-order valence-corrected chi connectivity index (χ4v) is 2.11. The number of rotatable bonds is 5. The predicted molar refractivity (Wildman–Crippen MR) is 78.0 cm³/mol. The van der Waals surface area contributed by atoms with Crippen LogP contribution in [-0.4, -0.2) is 16.6 Å². The summed E-state index contributed by atoms with van der Waals surface area (Å²) >= 11 is 5.99. The summed E-state index contributed by atoms with van der Waals surface area (Å²) in [6.07, 6.45) is -0.844. The molecule has 0 spiro atoms. The molecule has 6 heteroatoms. The summed E-state index contributed by atoms with van der Waals surface area (Å²) in [6, 6.07) is 13.2. The van der Waals surface area contributed by atoms with Crippen LogP contribution in [-0.2, 0) is 0 Å². The number of aliphatic hydroxyl groups is 1. The molecule has 0 heterocycles. The minimum absolute atomic E-state index is 0.0288. The number of nitro benzene ring substituents is 1. The highest BCUT2D eigenvalue weighted by atomic mass is 35.5. The van der Waals surface area contributed by atoms with Crippen molar-refractivity contribution < 1.29 is 10.0 Å². The van der Waals surface area contributed by atoms with Gasteiger partial charge in [-0.25, -0.2) is 0 Å². The molecule has 1 unspecified atom stereocenters. The molecule has 0 radical (unpaired) electrons. The smallest absolute Gasteiger partial charge is 0.292 e. The van der Waals surface area contributed by atoms with Gasteiger partial charge in [-0.3, -0.25) is 10.1 Å². The van der Waals surface area contributed by atoms with E-state index in [2.05, 4.69) is 5.32 Å². The number of nitrogens with one attached hydrogen (secondary N) is 1. The Balaban J connectivity index is 2.10. The third-order valence-electron chi connectivity index (χ3n) is 2.85. The molecule has 2 rings (SSSR count). The second kappa shape index (κ2) is 6.36. The molecule has 0 aliphatic carbocycles. The van der Waals surface area contributed by atoms with Crippen molar-refractivity contribution in [2.75, 3.05) is 11.9 Å². The molecule has 0 amide bonds. The largest absolute Gasteiger partial charge is 0.387 e. The Bertz CT molecular complexity index is 619. The molecule has 2 aromatic carbocycles. The molecule has 0 bridgehead atoms. The van der Waals surface area contributed by atoms with Crippen molar-refractivity contribution >= 4 is 23.0 Å². The van der Waals surface area contributed by atoms with Crippen molar-refractivity contribution in [1.82, 2.24) is 0 Å². The Kier molecular flexibility index (Phi) is 4.55. The molecule has 2 aromatic rings. The van der Waals surface area contributed by atoms with Gasteiger partial charge in [0.15, 0.2) is 0 Å². The lowest BCUT2D eigenvalue weighted by Crippen LogP contribution is -2.13. The van der Waals surface area contributed by atoms with E-state index in [1.165, 1.54) is 6.07 Å². The van der Waals surface area contributed by atoms with Crippen LogP contribution < -0.4 is 5.32 Å². The Morgan fingerprint density at radius 1 is 1.20 bits per heavy atom. The van der Waals surface area contributed by atoms with E-state index in [0.717, 1.165) is 0 Å². The highest BCUT2D eigenvalue weighted by Crippen LogP contribution is 2.26. The molecule has 0 fully saturated rings. The molecule has 104 valence electrons. The topological polar surface area (TPSA) is 75.4 Å². The first-order valence-corrected chi connectivity index (χ1v) is 6.37. The number of nitrogens with zero attached hydrogens (tertiary/aromatic N) is 1. The maximum absolute atomic E-state index is 10.9. The highest BCUT2D eigenvalue weighted by Gasteiger charge is 2.15. The van der Waals surface area contributed by atoms with Crippen LogP contribution in [0.15, 0.2) is 48.5 Å². The Morgan fingerprint density at radius 3 is 2.55 bits per heavy atom. The standard InChI is InChI=1S/C14H13ClN2O3/c15-11-6-2-1-5-10(11)14(18)9-16-12-7-3-4-8-13(12)17(19)20/h1-8,14,16,18H,9H2. The van der Waals surface area contributed by atoms with Gasteiger partial charge in [0.05, 0.1) is 11.0 Å². The maximum Gasteiger partial charge on any atom is 0.292 e. The van der Waals surface area contributed by atoms with Crippen LogP contribution >= 0.6 is 11.6 Å². The Labute approximate surface area is 121 Å². The summed E-state index contributed by atoms with van der Waals surface area (Å²) in [7, 11) is 0. The fraction of sp³-hybridized carbons (Fsp3) is 0.143. The minimum atomic E-state index is -0.844. The van der Waals surface area contributed by atoms with Gasteiger partial charge in [-0.2, -0.15) is 0 Å². The number of benzene rings is 2. The van der Waals surface area contributed by atoms with E-state index in [-0.39, 0.29) is 12.2 Å². The molecule has 0 aliphatic rings. The Hall–Kier alpha value is -2.11. The lowest BCUT2D eigenvalue weighted by atomic mass is 10.1. The van der Waals surface area contributed by atoms with E-state index in [9.17, 15) is 15.2 Å². The lowest BCUT2D eigenvalue weighted by Gasteiger charge is -2.14. The monoisotopic (exact) mass is 292 g/mol. The van der Waals surface area contributed by atoms with Gasteiger partial charge in [0.1, 0.15) is 5.69 Å². The number of hydrogen-bond donors (Lipinski definition) is 2. The van der Waals surface area contributed by atoms with Gasteiger partial charge in [-0.1, -0.05) is 41.9 Å². The minimum Gasteiger partial charge on any atom is -0.387 e. The van der Waals surface area contributed by atoms with Crippen molar-refractivity contribution in [2.45, 2.75) is 6.10 Å². The molecular formula is C14H13ClN2O3. The van der Waals surface area contributed by atoms with E-state index in [1.54, 1.807) is 42.5 Å². The van der Waals surface area contributed by atoms with Crippen molar-refractivity contribution in [2.24, 2.45) is 0 Å². The zero-order valence-electron chi connectivity index (χ0n) is 10.5. The first-order chi connectivity index (χ1) is 9.59. The third-order valence-corrected chi connectivity index (χ3v) is 3.20. The quantitative estimate of drug-likeness (QED) is 0.654. The van der Waals surface area contributed by atoms with Crippen molar-refractivity contribution in [3.8, 4) is 0 Å². The second-order valence-electron chi connectivity index (χ2n) is 4.19. The van der Waals surface area contributed by atoms with Gasteiger partial charge in [0, 0.05) is 23.2 Å². The summed E-state index contributed by atoms with van der Waals surface area (Å²) in [4.78, 5) is 10.4. The zero-order valence-corrected chi connectivity index (χ0v) is 11.2. The first kappa shape index (κ1) is 14.3. The van der Waals surface area contributed by atoms with Crippen molar-refractivity contribution in [3.05, 3.63) is 69.2 Å². The number of anilines is 1. The van der Waals surface area contributed by atoms with Crippen molar-refractivity contribution in [3.63, 3.8) is 0 Å². The Morgan fingerprint density at radius 2 is 1.85 bits per heavy atom. The van der Waals surface area contributed by atoms with Gasteiger partial charge in [-0.15, -0.1) is 0 Å². The van der Waals surface area contributed by atoms with Crippen molar-refractivity contribution in [1.29, 1.82) is 0 Å². The molecule has 2 N–H and O–H groups in total. The van der Waals surface area contributed by atoms with Crippen LogP contribution in [0.2, 0.25) is 5.02 Å². The van der Waals surface area contributed by atoms with E-state index in [4.69, 9.17) is 11.6 Å². The SMILES string of the molecule is O=[N+]([O-])c1ccccc1NCC(O)c1ccccc1Cl. The number of para-hydroxylation sites is 2. The third kappa shape index (κ3) is 3.26. The van der Waals surface area contributed by atoms with E-state index < -0.39 is 11.0 Å². The lowest BCUT2D eigenvalue weighted by molar-refractivity contribution is -0.384. The molecular weight excluding hydrogens is 280 g/mol. The number of hydrogen-bond acceptors (Lipinski definition) is 4. The van der Waals surface area contributed by atoms with Crippen LogP contribution in [0, 0.1) is 10.1 Å². The van der Waals surface area contributed by atoms with E-state index >= 15 is 0 Å². The molecule has 20 heavy (non-hydrogen) atoms. The van der Waals surface area contributed by atoms with Crippen LogP contribution in [0.4, 0.5) is 11.4 Å². The molecule has 0 aliphatic heterocycles. The fourth-order valence-electron chi connectivity index (χ4n) is 1.84. The average Bonchev–Trinajstić information content (AvgIpc) is 2.45. The van der Waals surface area contributed by atoms with Crippen LogP contribution in [0.25, 0.3) is 0 Å². The maximum atomic E-state index is 10.9. The molecule has 5 nitrogen and oxygen atoms in total. The number of aliphatic hydroxyl groups excluding tert-OH is 1. The number of nitro groups is 1. The summed E-state index contributed by atoms with van der Waals surface area (Å²) in [6.45, 7) is 0.134. The summed E-state index contributed by atoms with van der Waals surface area (Å²) in [5.41, 5.74) is 0.919. The normalized spacial score (nSPS) is 11.9. The van der Waals surface area contributed by atoms with Gasteiger partial charge in [0.2, 0.25) is 0 Å². The summed E-state index contributed by atoms with van der Waals surface area (Å²) in [5, 5.41) is 24.3. The summed E-state index contributed by atoms with van der Waals surface area (Å²) in [5.74, 6) is 0. The number of halogens is 1. The van der Waals surface area contributed by atoms with Crippen LogP contribution in [0.1, 0.15) is 11.7 Å².